The number of carbonyl (C=O) groups is 1. The van der Waals surface area contributed by atoms with Gasteiger partial charge in [0.15, 0.2) is 5.82 Å². The highest BCUT2D eigenvalue weighted by Crippen LogP contribution is 2.34. The van der Waals surface area contributed by atoms with E-state index < -0.39 is 0 Å². The fourth-order valence-electron chi connectivity index (χ4n) is 3.02. The first kappa shape index (κ1) is 22.1. The van der Waals surface area contributed by atoms with Gasteiger partial charge in [-0.05, 0) is 34.1 Å². The zero-order valence-corrected chi connectivity index (χ0v) is 19.6. The number of carbonyl (C=O) groups excluding carboxylic acids is 1. The van der Waals surface area contributed by atoms with E-state index in [2.05, 4.69) is 69.5 Å². The number of nitrogens with zero attached hydrogens (tertiary/aromatic N) is 4. The Labute approximate surface area is 182 Å². The topological polar surface area (TPSA) is 74.6 Å². The summed E-state index contributed by atoms with van der Waals surface area (Å²) < 4.78 is 1.85. The zero-order chi connectivity index (χ0) is 21.9. The van der Waals surface area contributed by atoms with Crippen molar-refractivity contribution < 1.29 is 4.79 Å². The molecule has 2 aromatic heterocycles. The number of aromatic nitrogens is 3. The maximum atomic E-state index is 12.2. The molecule has 0 aliphatic rings. The second-order valence-electron chi connectivity index (χ2n) is 8.69. The summed E-state index contributed by atoms with van der Waals surface area (Å²) in [6.45, 7) is 11.5. The third-order valence-corrected chi connectivity index (χ3v) is 5.59. The van der Waals surface area contributed by atoms with Crippen molar-refractivity contribution in [3.8, 4) is 11.3 Å². The van der Waals surface area contributed by atoms with Gasteiger partial charge in [0.05, 0.1) is 6.54 Å². The second kappa shape index (κ2) is 9.04. The van der Waals surface area contributed by atoms with E-state index in [9.17, 15) is 4.79 Å². The van der Waals surface area contributed by atoms with Crippen molar-refractivity contribution >= 4 is 33.2 Å². The number of rotatable bonds is 8. The van der Waals surface area contributed by atoms with Gasteiger partial charge in [0.2, 0.25) is 16.0 Å². The lowest BCUT2D eigenvalue weighted by molar-refractivity contribution is -0.119. The van der Waals surface area contributed by atoms with Gasteiger partial charge in [-0.25, -0.2) is 4.98 Å². The van der Waals surface area contributed by atoms with E-state index >= 15 is 0 Å². The highest BCUT2D eigenvalue weighted by molar-refractivity contribution is 7.20. The number of hydrogen-bond acceptors (Lipinski definition) is 6. The van der Waals surface area contributed by atoms with Crippen molar-refractivity contribution in [1.29, 1.82) is 0 Å². The Morgan fingerprint density at radius 1 is 1.23 bits per heavy atom. The molecule has 0 saturated heterocycles. The van der Waals surface area contributed by atoms with Gasteiger partial charge in [-0.2, -0.15) is 4.52 Å². The van der Waals surface area contributed by atoms with Crippen LogP contribution in [-0.2, 0) is 4.79 Å². The van der Waals surface area contributed by atoms with E-state index in [-0.39, 0.29) is 18.0 Å². The number of benzene rings is 1. The molecule has 0 aliphatic carbocycles. The Morgan fingerprint density at radius 3 is 2.57 bits per heavy atom. The van der Waals surface area contributed by atoms with Crippen LogP contribution < -0.4 is 15.5 Å². The maximum Gasteiger partial charge on any atom is 0.239 e. The quantitative estimate of drug-likeness (QED) is 0.523. The van der Waals surface area contributed by atoms with E-state index in [0.717, 1.165) is 40.0 Å². The van der Waals surface area contributed by atoms with Crippen LogP contribution in [0.1, 0.15) is 46.1 Å². The minimum absolute atomic E-state index is 0.00664. The van der Waals surface area contributed by atoms with Gasteiger partial charge in [0.25, 0.3) is 0 Å². The zero-order valence-electron chi connectivity index (χ0n) is 18.7. The number of fused-ring (bicyclic) bond motifs is 1. The van der Waals surface area contributed by atoms with Crippen molar-refractivity contribution in [1.82, 2.24) is 19.9 Å². The molecule has 1 amide bonds. The van der Waals surface area contributed by atoms with Crippen molar-refractivity contribution in [3.05, 3.63) is 29.8 Å². The Kier molecular flexibility index (Phi) is 6.65. The van der Waals surface area contributed by atoms with Gasteiger partial charge < -0.3 is 15.5 Å². The highest BCUT2D eigenvalue weighted by atomic mass is 32.1. The molecule has 0 bridgehead atoms. The van der Waals surface area contributed by atoms with Crippen LogP contribution in [-0.4, -0.2) is 46.2 Å². The molecule has 2 heterocycles. The molecular formula is C22H32N6OS. The number of anilines is 2. The van der Waals surface area contributed by atoms with E-state index in [0.29, 0.717) is 6.54 Å². The molecule has 2 N–H and O–H groups in total. The van der Waals surface area contributed by atoms with Crippen LogP contribution in [0.5, 0.6) is 0 Å². The molecule has 3 rings (SSSR count). The third-order valence-electron chi connectivity index (χ3n) is 4.57. The average Bonchev–Trinajstić information content (AvgIpc) is 3.21. The molecule has 0 radical (unpaired) electrons. The molecule has 3 aromatic rings. The van der Waals surface area contributed by atoms with E-state index in [1.807, 2.05) is 16.5 Å². The first-order chi connectivity index (χ1) is 14.2. The molecular weight excluding hydrogens is 396 g/mol. The van der Waals surface area contributed by atoms with E-state index in [1.165, 1.54) is 16.9 Å². The van der Waals surface area contributed by atoms with E-state index in [4.69, 9.17) is 10.1 Å². The average molecular weight is 429 g/mol. The number of amides is 1. The monoisotopic (exact) mass is 428 g/mol. The predicted molar refractivity (Wildman–Crippen MR) is 126 cm³/mol. The van der Waals surface area contributed by atoms with Crippen molar-refractivity contribution in [2.45, 2.75) is 53.0 Å². The van der Waals surface area contributed by atoms with Crippen molar-refractivity contribution in [3.63, 3.8) is 0 Å². The number of likely N-dealkylation sites (N-methyl/N-ethyl adjacent to an activating group) is 1. The third kappa shape index (κ3) is 5.30. The first-order valence-electron chi connectivity index (χ1n) is 10.4. The lowest BCUT2D eigenvalue weighted by Gasteiger charge is -2.22. The number of imidazole rings is 1. The number of hydrogen-bond donors (Lipinski definition) is 2. The number of nitrogens with one attached hydrogen (secondary N) is 2. The van der Waals surface area contributed by atoms with Crippen LogP contribution in [0.2, 0.25) is 0 Å². The molecule has 0 aliphatic heterocycles. The summed E-state index contributed by atoms with van der Waals surface area (Å²) in [7, 11) is 1.88. The molecule has 0 unspecified atom stereocenters. The standard InChI is InChI=1S/C22H32N6OS/c1-7-8-13-23-17(29)14-27(6)21-26-28-19(25-22(3,4)5)18(24-20(28)30-21)16-11-9-15(2)10-12-16/h9-12,25H,7-8,13-14H2,1-6H3,(H,23,29). The number of aryl methyl sites for hydroxylation is 1. The largest absolute Gasteiger partial charge is 0.364 e. The van der Waals surface area contributed by atoms with Crippen LogP contribution in [0.3, 0.4) is 0 Å². The summed E-state index contributed by atoms with van der Waals surface area (Å²) in [5.74, 6) is 0.872. The minimum Gasteiger partial charge on any atom is -0.364 e. The molecule has 0 atom stereocenters. The summed E-state index contributed by atoms with van der Waals surface area (Å²) in [4.78, 5) is 19.7. The lowest BCUT2D eigenvalue weighted by atomic mass is 10.1. The molecule has 1 aromatic carbocycles. The van der Waals surface area contributed by atoms with Crippen LogP contribution in [0.25, 0.3) is 16.2 Å². The van der Waals surface area contributed by atoms with Crippen LogP contribution in [0, 0.1) is 6.92 Å². The smallest absolute Gasteiger partial charge is 0.239 e. The van der Waals surface area contributed by atoms with Gasteiger partial charge >= 0.3 is 0 Å². The Morgan fingerprint density at radius 2 is 1.93 bits per heavy atom. The summed E-state index contributed by atoms with van der Waals surface area (Å²) in [5, 5.41) is 12.0. The molecule has 30 heavy (non-hydrogen) atoms. The van der Waals surface area contributed by atoms with Gasteiger partial charge in [0, 0.05) is 24.7 Å². The molecule has 0 spiro atoms. The maximum absolute atomic E-state index is 12.2. The fourth-order valence-corrected chi connectivity index (χ4v) is 3.88. The lowest BCUT2D eigenvalue weighted by Crippen LogP contribution is -2.35. The molecule has 7 nitrogen and oxygen atoms in total. The second-order valence-corrected chi connectivity index (χ2v) is 9.62. The molecule has 0 fully saturated rings. The van der Waals surface area contributed by atoms with E-state index in [1.54, 1.807) is 0 Å². The molecule has 162 valence electrons. The number of unbranched alkanes of at least 4 members (excludes halogenated alkanes) is 1. The normalized spacial score (nSPS) is 11.7. The first-order valence-corrected chi connectivity index (χ1v) is 11.2. The predicted octanol–water partition coefficient (Wildman–Crippen LogP) is 4.33. The summed E-state index contributed by atoms with van der Waals surface area (Å²) in [6, 6.07) is 8.35. The van der Waals surface area contributed by atoms with Crippen LogP contribution in [0.4, 0.5) is 10.9 Å². The van der Waals surface area contributed by atoms with Gasteiger partial charge in [-0.3, -0.25) is 4.79 Å². The van der Waals surface area contributed by atoms with Gasteiger partial charge in [-0.1, -0.05) is 54.5 Å². The van der Waals surface area contributed by atoms with Gasteiger partial charge in [-0.15, -0.1) is 5.10 Å². The van der Waals surface area contributed by atoms with Gasteiger partial charge in [0.1, 0.15) is 5.69 Å². The Hall–Kier alpha value is -2.61. The van der Waals surface area contributed by atoms with Crippen molar-refractivity contribution in [2.24, 2.45) is 0 Å². The SMILES string of the molecule is CCCCNC(=O)CN(C)c1nn2c(NC(C)(C)C)c(-c3ccc(C)cc3)nc2s1. The molecule has 8 heteroatoms. The highest BCUT2D eigenvalue weighted by Gasteiger charge is 2.23. The Bertz CT molecular complexity index is 999. The molecule has 0 saturated carbocycles. The summed E-state index contributed by atoms with van der Waals surface area (Å²) >= 11 is 1.48. The summed E-state index contributed by atoms with van der Waals surface area (Å²) in [6.07, 6.45) is 2.05. The minimum atomic E-state index is -0.149. The fraction of sp³-hybridized carbons (Fsp3) is 0.500. The van der Waals surface area contributed by atoms with Crippen LogP contribution >= 0.6 is 11.3 Å². The van der Waals surface area contributed by atoms with Crippen LogP contribution in [0.15, 0.2) is 24.3 Å². The summed E-state index contributed by atoms with van der Waals surface area (Å²) in [5.41, 5.74) is 3.00. The van der Waals surface area contributed by atoms with Crippen molar-refractivity contribution in [2.75, 3.05) is 30.4 Å². The Balaban J connectivity index is 1.90.